The van der Waals surface area contributed by atoms with Crippen LogP contribution in [0.15, 0.2) is 54.6 Å². The SMILES string of the molecule is CCC(CC=O)NC(=O)CCC(C)(c1ccccc1)c1ccc(O)cc1. The molecule has 0 saturated carbocycles. The van der Waals surface area contributed by atoms with Gasteiger partial charge in [0.05, 0.1) is 0 Å². The lowest BCUT2D eigenvalue weighted by molar-refractivity contribution is -0.122. The first kappa shape index (κ1) is 19.7. The van der Waals surface area contributed by atoms with Crippen LogP contribution < -0.4 is 5.32 Å². The maximum absolute atomic E-state index is 12.4. The Morgan fingerprint density at radius 3 is 2.31 bits per heavy atom. The fraction of sp³-hybridized carbons (Fsp3) is 0.364. The Kier molecular flexibility index (Phi) is 6.96. The van der Waals surface area contributed by atoms with E-state index in [2.05, 4.69) is 24.4 Å². The van der Waals surface area contributed by atoms with Gasteiger partial charge in [0, 0.05) is 24.3 Å². The number of hydrogen-bond donors (Lipinski definition) is 2. The van der Waals surface area contributed by atoms with Crippen molar-refractivity contribution in [2.24, 2.45) is 0 Å². The number of nitrogens with one attached hydrogen (secondary N) is 1. The molecule has 4 nitrogen and oxygen atoms in total. The maximum Gasteiger partial charge on any atom is 0.220 e. The molecule has 2 rings (SSSR count). The summed E-state index contributed by atoms with van der Waals surface area (Å²) in [5.74, 6) is 0.182. The van der Waals surface area contributed by atoms with Crippen molar-refractivity contribution in [2.75, 3.05) is 0 Å². The molecule has 1 amide bonds. The first-order valence-corrected chi connectivity index (χ1v) is 9.07. The van der Waals surface area contributed by atoms with E-state index in [-0.39, 0.29) is 23.1 Å². The Labute approximate surface area is 155 Å². The van der Waals surface area contributed by atoms with Crippen molar-refractivity contribution in [1.82, 2.24) is 5.32 Å². The number of amides is 1. The molecule has 0 heterocycles. The fourth-order valence-electron chi connectivity index (χ4n) is 3.20. The lowest BCUT2D eigenvalue weighted by Crippen LogP contribution is -2.36. The molecule has 0 fully saturated rings. The number of aromatic hydroxyl groups is 1. The standard InChI is InChI=1S/C22H27NO3/c1-3-19(14-16-24)23-21(26)13-15-22(2,17-7-5-4-6-8-17)18-9-11-20(25)12-10-18/h4-12,16,19,25H,3,13-15H2,1-2H3,(H,23,26). The lowest BCUT2D eigenvalue weighted by atomic mass is 9.73. The zero-order valence-corrected chi connectivity index (χ0v) is 15.4. The third-order valence-electron chi connectivity index (χ3n) is 5.01. The van der Waals surface area contributed by atoms with E-state index < -0.39 is 0 Å². The van der Waals surface area contributed by atoms with E-state index in [4.69, 9.17) is 0 Å². The summed E-state index contributed by atoms with van der Waals surface area (Å²) in [6.07, 6.45) is 2.92. The average molecular weight is 353 g/mol. The van der Waals surface area contributed by atoms with Crippen molar-refractivity contribution in [1.29, 1.82) is 0 Å². The number of hydrogen-bond acceptors (Lipinski definition) is 3. The van der Waals surface area contributed by atoms with E-state index in [1.807, 2.05) is 37.3 Å². The number of carbonyl (C=O) groups excluding carboxylic acids is 2. The van der Waals surface area contributed by atoms with Crippen LogP contribution in [0.25, 0.3) is 0 Å². The van der Waals surface area contributed by atoms with Gasteiger partial charge in [-0.2, -0.15) is 0 Å². The Hall–Kier alpha value is -2.62. The minimum absolute atomic E-state index is 0.0420. The molecule has 0 aliphatic carbocycles. The van der Waals surface area contributed by atoms with E-state index in [0.717, 1.165) is 23.8 Å². The van der Waals surface area contributed by atoms with Crippen molar-refractivity contribution in [2.45, 2.75) is 51.0 Å². The molecule has 4 heteroatoms. The molecule has 0 spiro atoms. The number of rotatable bonds is 9. The Balaban J connectivity index is 2.19. The van der Waals surface area contributed by atoms with Gasteiger partial charge in [-0.3, -0.25) is 4.79 Å². The highest BCUT2D eigenvalue weighted by Crippen LogP contribution is 2.37. The Morgan fingerprint density at radius 2 is 1.73 bits per heavy atom. The predicted molar refractivity (Wildman–Crippen MR) is 103 cm³/mol. The second-order valence-electron chi connectivity index (χ2n) is 6.82. The van der Waals surface area contributed by atoms with Crippen molar-refractivity contribution in [3.8, 4) is 5.75 Å². The van der Waals surface area contributed by atoms with Crippen molar-refractivity contribution in [3.63, 3.8) is 0 Å². The highest BCUT2D eigenvalue weighted by atomic mass is 16.3. The summed E-state index contributed by atoms with van der Waals surface area (Å²) in [4.78, 5) is 23.1. The highest BCUT2D eigenvalue weighted by Gasteiger charge is 2.29. The predicted octanol–water partition coefficient (Wildman–Crippen LogP) is 3.96. The molecule has 0 aromatic heterocycles. The molecular weight excluding hydrogens is 326 g/mol. The van der Waals surface area contributed by atoms with Crippen LogP contribution in [0.3, 0.4) is 0 Å². The van der Waals surface area contributed by atoms with Crippen LogP contribution in [0, 0.1) is 0 Å². The van der Waals surface area contributed by atoms with Gasteiger partial charge in [0.15, 0.2) is 0 Å². The van der Waals surface area contributed by atoms with Crippen LogP contribution >= 0.6 is 0 Å². The summed E-state index contributed by atoms with van der Waals surface area (Å²) in [5.41, 5.74) is 1.83. The third kappa shape index (κ3) is 4.94. The number of benzene rings is 2. The quantitative estimate of drug-likeness (QED) is 0.671. The molecule has 0 aliphatic heterocycles. The first-order chi connectivity index (χ1) is 12.5. The molecule has 138 valence electrons. The summed E-state index contributed by atoms with van der Waals surface area (Å²) >= 11 is 0. The van der Waals surface area contributed by atoms with Crippen molar-refractivity contribution in [3.05, 3.63) is 65.7 Å². The number of aldehydes is 1. The van der Waals surface area contributed by atoms with Crippen LogP contribution in [0.2, 0.25) is 0 Å². The van der Waals surface area contributed by atoms with Gasteiger partial charge in [0.1, 0.15) is 12.0 Å². The molecule has 2 aromatic carbocycles. The van der Waals surface area contributed by atoms with Crippen LogP contribution in [-0.4, -0.2) is 23.3 Å². The lowest BCUT2D eigenvalue weighted by Gasteiger charge is -2.31. The molecule has 2 unspecified atom stereocenters. The summed E-state index contributed by atoms with van der Waals surface area (Å²) in [6, 6.07) is 17.1. The molecule has 0 saturated heterocycles. The number of phenols is 1. The van der Waals surface area contributed by atoms with Gasteiger partial charge < -0.3 is 15.2 Å². The van der Waals surface area contributed by atoms with E-state index in [0.29, 0.717) is 19.3 Å². The zero-order valence-electron chi connectivity index (χ0n) is 15.4. The molecule has 0 radical (unpaired) electrons. The Morgan fingerprint density at radius 1 is 1.12 bits per heavy atom. The van der Waals surface area contributed by atoms with Gasteiger partial charge >= 0.3 is 0 Å². The summed E-state index contributed by atoms with van der Waals surface area (Å²) in [6.45, 7) is 4.07. The maximum atomic E-state index is 12.4. The first-order valence-electron chi connectivity index (χ1n) is 9.07. The molecule has 26 heavy (non-hydrogen) atoms. The average Bonchev–Trinajstić information content (AvgIpc) is 2.67. The van der Waals surface area contributed by atoms with Gasteiger partial charge in [0.25, 0.3) is 0 Å². The largest absolute Gasteiger partial charge is 0.508 e. The molecular formula is C22H27NO3. The topological polar surface area (TPSA) is 66.4 Å². The van der Waals surface area contributed by atoms with Crippen LogP contribution in [0.1, 0.15) is 50.7 Å². The number of phenolic OH excluding ortho intramolecular Hbond substituents is 1. The molecule has 0 bridgehead atoms. The molecule has 0 aliphatic rings. The van der Waals surface area contributed by atoms with E-state index in [1.54, 1.807) is 12.1 Å². The molecule has 2 aromatic rings. The van der Waals surface area contributed by atoms with Gasteiger partial charge in [-0.1, -0.05) is 56.3 Å². The minimum Gasteiger partial charge on any atom is -0.508 e. The van der Waals surface area contributed by atoms with E-state index >= 15 is 0 Å². The van der Waals surface area contributed by atoms with Crippen LogP contribution in [0.5, 0.6) is 5.75 Å². The third-order valence-corrected chi connectivity index (χ3v) is 5.01. The second-order valence-corrected chi connectivity index (χ2v) is 6.82. The van der Waals surface area contributed by atoms with Gasteiger partial charge in [-0.05, 0) is 36.1 Å². The summed E-state index contributed by atoms with van der Waals surface area (Å²) in [5, 5.41) is 12.5. The van der Waals surface area contributed by atoms with Gasteiger partial charge in [0.2, 0.25) is 5.91 Å². The minimum atomic E-state index is -0.349. The monoisotopic (exact) mass is 353 g/mol. The fourth-order valence-corrected chi connectivity index (χ4v) is 3.20. The number of carbonyl (C=O) groups is 2. The normalized spacial score (nSPS) is 14.2. The summed E-state index contributed by atoms with van der Waals surface area (Å²) < 4.78 is 0. The van der Waals surface area contributed by atoms with Crippen LogP contribution in [0.4, 0.5) is 0 Å². The van der Waals surface area contributed by atoms with Crippen molar-refractivity contribution < 1.29 is 14.7 Å². The summed E-state index contributed by atoms with van der Waals surface area (Å²) in [7, 11) is 0. The van der Waals surface area contributed by atoms with Gasteiger partial charge in [-0.15, -0.1) is 0 Å². The van der Waals surface area contributed by atoms with Crippen LogP contribution in [-0.2, 0) is 15.0 Å². The van der Waals surface area contributed by atoms with Gasteiger partial charge in [-0.25, -0.2) is 0 Å². The Bertz CT molecular complexity index is 712. The van der Waals surface area contributed by atoms with E-state index in [1.165, 1.54) is 0 Å². The smallest absolute Gasteiger partial charge is 0.220 e. The molecule has 2 atom stereocenters. The van der Waals surface area contributed by atoms with Crippen molar-refractivity contribution >= 4 is 12.2 Å². The second kappa shape index (κ2) is 9.18. The molecule has 2 N–H and O–H groups in total. The van der Waals surface area contributed by atoms with E-state index in [9.17, 15) is 14.7 Å². The highest BCUT2D eigenvalue weighted by molar-refractivity contribution is 5.77. The zero-order chi connectivity index (χ0) is 19.0.